The van der Waals surface area contributed by atoms with E-state index >= 15 is 0 Å². The lowest BCUT2D eigenvalue weighted by molar-refractivity contribution is 0.627. The molecule has 0 atom stereocenters. The zero-order valence-corrected chi connectivity index (χ0v) is 17.1. The minimum absolute atomic E-state index is 0.123. The van der Waals surface area contributed by atoms with Crippen LogP contribution in [0.15, 0.2) is 72.3 Å². The molecule has 0 unspecified atom stereocenters. The largest absolute Gasteiger partial charge is 0.396 e. The monoisotopic (exact) mass is 410 g/mol. The minimum atomic E-state index is -0.433. The van der Waals surface area contributed by atoms with Crippen molar-refractivity contribution in [2.24, 2.45) is 0 Å². The molecule has 4 nitrogen and oxygen atoms in total. The van der Waals surface area contributed by atoms with Crippen LogP contribution in [-0.2, 0) is 12.8 Å². The fourth-order valence-corrected chi connectivity index (χ4v) is 4.04. The van der Waals surface area contributed by atoms with E-state index in [-0.39, 0.29) is 5.69 Å². The number of hydrogen-bond acceptors (Lipinski definition) is 3. The predicted molar refractivity (Wildman–Crippen MR) is 124 cm³/mol. The van der Waals surface area contributed by atoms with Crippen LogP contribution in [0.1, 0.15) is 23.2 Å². The second kappa shape index (κ2) is 7.76. The van der Waals surface area contributed by atoms with Crippen molar-refractivity contribution < 1.29 is 4.39 Å². The van der Waals surface area contributed by atoms with Crippen LogP contribution >= 0.6 is 0 Å². The van der Waals surface area contributed by atoms with E-state index in [1.165, 1.54) is 5.57 Å². The first kappa shape index (κ1) is 19.1. The van der Waals surface area contributed by atoms with Crippen LogP contribution in [0.4, 0.5) is 10.1 Å². The average molecular weight is 410 g/mol. The van der Waals surface area contributed by atoms with Crippen molar-refractivity contribution in [3.05, 3.63) is 106 Å². The maximum absolute atomic E-state index is 14.8. The van der Waals surface area contributed by atoms with Gasteiger partial charge in [0.15, 0.2) is 11.3 Å². The summed E-state index contributed by atoms with van der Waals surface area (Å²) in [5.41, 5.74) is 12.1. The van der Waals surface area contributed by atoms with E-state index in [2.05, 4.69) is 42.3 Å². The molecule has 1 aliphatic carbocycles. The molecule has 2 aliphatic rings. The molecule has 2 aromatic carbocycles. The van der Waals surface area contributed by atoms with E-state index in [1.807, 2.05) is 29.0 Å². The molecule has 0 saturated heterocycles. The molecular formula is C26H23FN4. The van der Waals surface area contributed by atoms with Crippen LogP contribution in [0.2, 0.25) is 0 Å². The number of nitrogens with one attached hydrogen (secondary N) is 1. The SMILES string of the molecule is C=c1c(CC2=CC=CC2)nc2n1C=C(c1cccc(N)c1F)NC=2Cc1ccccc1. The highest BCUT2D eigenvalue weighted by Crippen LogP contribution is 2.24. The molecule has 5 rings (SSSR count). The first-order chi connectivity index (χ1) is 15.1. The molecule has 2 heterocycles. The Hall–Kier alpha value is -3.86. The summed E-state index contributed by atoms with van der Waals surface area (Å²) in [7, 11) is 0. The maximum atomic E-state index is 14.8. The molecule has 1 aliphatic heterocycles. The van der Waals surface area contributed by atoms with E-state index in [1.54, 1.807) is 18.2 Å². The molecule has 0 bridgehead atoms. The number of aromatic nitrogens is 2. The van der Waals surface area contributed by atoms with Gasteiger partial charge >= 0.3 is 0 Å². The number of nitrogens with two attached hydrogens (primary N) is 1. The Morgan fingerprint density at radius 1 is 1.10 bits per heavy atom. The van der Waals surface area contributed by atoms with Gasteiger partial charge in [0.25, 0.3) is 0 Å². The number of anilines is 1. The van der Waals surface area contributed by atoms with Gasteiger partial charge in [-0.15, -0.1) is 0 Å². The van der Waals surface area contributed by atoms with Gasteiger partial charge in [0.2, 0.25) is 0 Å². The Morgan fingerprint density at radius 2 is 1.94 bits per heavy atom. The Balaban J connectivity index is 1.63. The van der Waals surface area contributed by atoms with Gasteiger partial charge in [-0.25, -0.2) is 9.37 Å². The summed E-state index contributed by atoms with van der Waals surface area (Å²) in [6.07, 6.45) is 10.5. The third-order valence-corrected chi connectivity index (χ3v) is 5.69. The van der Waals surface area contributed by atoms with Crippen molar-refractivity contribution >= 4 is 29.9 Å². The lowest BCUT2D eigenvalue weighted by Crippen LogP contribution is -2.35. The number of allylic oxidation sites excluding steroid dienone is 4. The zero-order chi connectivity index (χ0) is 21.4. The molecule has 154 valence electrons. The molecule has 0 saturated carbocycles. The Bertz CT molecular complexity index is 1360. The Labute approximate surface area is 180 Å². The van der Waals surface area contributed by atoms with Gasteiger partial charge in [-0.05, 0) is 24.1 Å². The highest BCUT2D eigenvalue weighted by Gasteiger charge is 2.20. The van der Waals surface area contributed by atoms with Crippen LogP contribution < -0.4 is 21.9 Å². The average Bonchev–Trinajstić information content (AvgIpc) is 3.40. The van der Waals surface area contributed by atoms with Crippen LogP contribution in [0, 0.1) is 5.82 Å². The van der Waals surface area contributed by atoms with Crippen molar-refractivity contribution in [3.8, 4) is 0 Å². The number of imidazole rings is 1. The molecule has 31 heavy (non-hydrogen) atoms. The predicted octanol–water partition coefficient (Wildman–Crippen LogP) is 3.35. The molecule has 5 heteroatoms. The van der Waals surface area contributed by atoms with Gasteiger partial charge in [-0.2, -0.15) is 0 Å². The molecular weight excluding hydrogens is 387 g/mol. The summed E-state index contributed by atoms with van der Waals surface area (Å²) >= 11 is 0. The molecule has 0 amide bonds. The smallest absolute Gasteiger partial charge is 0.157 e. The highest BCUT2D eigenvalue weighted by molar-refractivity contribution is 5.82. The highest BCUT2D eigenvalue weighted by atomic mass is 19.1. The van der Waals surface area contributed by atoms with Gasteiger partial charge in [0.1, 0.15) is 0 Å². The normalized spacial score (nSPS) is 14.8. The molecule has 0 radical (unpaired) electrons. The Kier molecular flexibility index (Phi) is 4.79. The lowest BCUT2D eigenvalue weighted by Gasteiger charge is -2.20. The van der Waals surface area contributed by atoms with Crippen molar-refractivity contribution in [2.75, 3.05) is 5.73 Å². The topological polar surface area (TPSA) is 55.9 Å². The number of nitrogens with zero attached hydrogens (tertiary/aromatic N) is 2. The summed E-state index contributed by atoms with van der Waals surface area (Å²) in [5, 5.41) is 4.24. The Morgan fingerprint density at radius 3 is 2.71 bits per heavy atom. The lowest BCUT2D eigenvalue weighted by atomic mass is 10.1. The van der Waals surface area contributed by atoms with Crippen molar-refractivity contribution in [2.45, 2.75) is 19.3 Å². The van der Waals surface area contributed by atoms with Gasteiger partial charge in [-0.1, -0.05) is 66.8 Å². The first-order valence-corrected chi connectivity index (χ1v) is 10.3. The fraction of sp³-hybridized carbons (Fsp3) is 0.115. The number of fused-ring (bicyclic) bond motifs is 1. The van der Waals surface area contributed by atoms with Crippen molar-refractivity contribution in [3.63, 3.8) is 0 Å². The summed E-state index contributed by atoms with van der Waals surface area (Å²) < 4.78 is 16.8. The number of nitrogen functional groups attached to an aromatic ring is 1. The van der Waals surface area contributed by atoms with Crippen LogP contribution in [-0.4, -0.2) is 9.55 Å². The minimum Gasteiger partial charge on any atom is -0.396 e. The third-order valence-electron chi connectivity index (χ3n) is 5.69. The summed E-state index contributed by atoms with van der Waals surface area (Å²) in [6.45, 7) is 4.29. The first-order valence-electron chi connectivity index (χ1n) is 10.3. The second-order valence-electron chi connectivity index (χ2n) is 7.85. The molecule has 3 aromatic rings. The number of hydrogen-bond donors (Lipinski definition) is 2. The van der Waals surface area contributed by atoms with E-state index in [9.17, 15) is 4.39 Å². The molecule has 1 aromatic heterocycles. The van der Waals surface area contributed by atoms with E-state index in [4.69, 9.17) is 10.7 Å². The van der Waals surface area contributed by atoms with Gasteiger partial charge < -0.3 is 11.1 Å². The number of rotatable bonds is 5. The van der Waals surface area contributed by atoms with Crippen LogP contribution in [0.25, 0.3) is 24.2 Å². The van der Waals surface area contributed by atoms with E-state index in [0.717, 1.165) is 40.6 Å². The molecule has 3 N–H and O–H groups in total. The molecule has 0 fully saturated rings. The summed E-state index contributed by atoms with van der Waals surface area (Å²) in [4.78, 5) is 4.93. The molecule has 0 spiro atoms. The summed E-state index contributed by atoms with van der Waals surface area (Å²) in [6, 6.07) is 15.2. The van der Waals surface area contributed by atoms with Gasteiger partial charge in [-0.3, -0.25) is 4.57 Å². The number of halogens is 1. The van der Waals surface area contributed by atoms with Crippen molar-refractivity contribution in [1.82, 2.24) is 14.9 Å². The third kappa shape index (κ3) is 3.59. The van der Waals surface area contributed by atoms with Crippen LogP contribution in [0.5, 0.6) is 0 Å². The van der Waals surface area contributed by atoms with Gasteiger partial charge in [0.05, 0.1) is 28.1 Å². The maximum Gasteiger partial charge on any atom is 0.157 e. The quantitative estimate of drug-likeness (QED) is 0.635. The number of benzene rings is 2. The fourth-order valence-electron chi connectivity index (χ4n) is 4.04. The van der Waals surface area contributed by atoms with Crippen molar-refractivity contribution in [1.29, 1.82) is 0 Å². The zero-order valence-electron chi connectivity index (χ0n) is 17.1. The van der Waals surface area contributed by atoms with E-state index < -0.39 is 5.82 Å². The standard InChI is InChI=1S/C26H23FN4/c1-17-22(14-18-10-5-6-11-18)30-26-23(15-19-8-3-2-4-9-19)29-24(16-31(17)26)20-12-7-13-21(28)25(20)27/h2-10,12-13,16,29H,1,11,14-15,28H2. The summed E-state index contributed by atoms with van der Waals surface area (Å²) in [5.74, 6) is -0.433. The van der Waals surface area contributed by atoms with E-state index in [0.29, 0.717) is 17.7 Å². The van der Waals surface area contributed by atoms with Gasteiger partial charge in [0, 0.05) is 24.6 Å². The van der Waals surface area contributed by atoms with Crippen LogP contribution in [0.3, 0.4) is 0 Å². The second-order valence-corrected chi connectivity index (χ2v) is 7.85.